The molecule has 1 aromatic carbocycles. The molecule has 3 aromatic rings. The maximum Gasteiger partial charge on any atom is 0.160 e. The predicted molar refractivity (Wildman–Crippen MR) is 98.0 cm³/mol. The zero-order chi connectivity index (χ0) is 16.9. The summed E-state index contributed by atoms with van der Waals surface area (Å²) in [5.41, 5.74) is 4.93. The molecule has 0 unspecified atom stereocenters. The Labute approximate surface area is 142 Å². The quantitative estimate of drug-likeness (QED) is 0.586. The molecule has 0 spiro atoms. The molecular formula is C20H24FN3. The summed E-state index contributed by atoms with van der Waals surface area (Å²) in [5.74, 6) is -0.229. The molecule has 0 saturated heterocycles. The van der Waals surface area contributed by atoms with Crippen molar-refractivity contribution in [2.75, 3.05) is 11.9 Å². The van der Waals surface area contributed by atoms with Gasteiger partial charge in [-0.2, -0.15) is 0 Å². The minimum atomic E-state index is -0.229. The van der Waals surface area contributed by atoms with Crippen LogP contribution in [-0.4, -0.2) is 15.9 Å². The molecule has 0 aliphatic rings. The van der Waals surface area contributed by atoms with Gasteiger partial charge in [-0.15, -0.1) is 0 Å². The van der Waals surface area contributed by atoms with Crippen LogP contribution in [0.3, 0.4) is 0 Å². The van der Waals surface area contributed by atoms with Crippen molar-refractivity contribution in [2.45, 2.75) is 39.5 Å². The second-order valence-electron chi connectivity index (χ2n) is 6.28. The molecule has 0 saturated carbocycles. The first kappa shape index (κ1) is 16.5. The minimum absolute atomic E-state index is 0.229. The molecule has 3 rings (SSSR count). The lowest BCUT2D eigenvalue weighted by atomic mass is 10.2. The summed E-state index contributed by atoms with van der Waals surface area (Å²) < 4.78 is 15.2. The van der Waals surface area contributed by atoms with Crippen LogP contribution in [0.25, 0.3) is 16.9 Å². The highest BCUT2D eigenvalue weighted by Gasteiger charge is 2.09. The molecule has 0 amide bonds. The maximum absolute atomic E-state index is 13.1. The minimum Gasteiger partial charge on any atom is -0.382 e. The molecule has 0 bridgehead atoms. The fraction of sp³-hybridized carbons (Fsp3) is 0.350. The first-order valence-electron chi connectivity index (χ1n) is 8.66. The van der Waals surface area contributed by atoms with Gasteiger partial charge in [0.25, 0.3) is 0 Å². The number of fused-ring (bicyclic) bond motifs is 1. The van der Waals surface area contributed by atoms with Crippen molar-refractivity contribution in [1.82, 2.24) is 9.38 Å². The molecule has 3 nitrogen and oxygen atoms in total. The van der Waals surface area contributed by atoms with Gasteiger partial charge in [0.15, 0.2) is 5.65 Å². The normalized spacial score (nSPS) is 11.1. The lowest BCUT2D eigenvalue weighted by Gasteiger charge is -2.08. The number of unbranched alkanes of at least 4 members (excludes halogenated alkanes) is 3. The van der Waals surface area contributed by atoms with E-state index in [1.54, 1.807) is 12.1 Å². The van der Waals surface area contributed by atoms with Gasteiger partial charge in [-0.1, -0.05) is 26.2 Å². The van der Waals surface area contributed by atoms with Crippen molar-refractivity contribution in [3.05, 3.63) is 54.1 Å². The van der Waals surface area contributed by atoms with Gasteiger partial charge >= 0.3 is 0 Å². The van der Waals surface area contributed by atoms with Gasteiger partial charge in [0, 0.05) is 24.5 Å². The van der Waals surface area contributed by atoms with E-state index in [0.717, 1.165) is 29.1 Å². The summed E-state index contributed by atoms with van der Waals surface area (Å²) in [5, 5.41) is 3.52. The Morgan fingerprint density at radius 1 is 1.08 bits per heavy atom. The third-order valence-electron chi connectivity index (χ3n) is 4.17. The highest BCUT2D eigenvalue weighted by molar-refractivity contribution is 5.73. The maximum atomic E-state index is 13.1. The van der Waals surface area contributed by atoms with Crippen LogP contribution < -0.4 is 5.32 Å². The summed E-state index contributed by atoms with van der Waals surface area (Å²) in [6.45, 7) is 5.26. The van der Waals surface area contributed by atoms with E-state index < -0.39 is 0 Å². The number of imidazole rings is 1. The van der Waals surface area contributed by atoms with Crippen molar-refractivity contribution in [1.29, 1.82) is 0 Å². The van der Waals surface area contributed by atoms with Crippen LogP contribution in [-0.2, 0) is 0 Å². The second-order valence-corrected chi connectivity index (χ2v) is 6.28. The first-order chi connectivity index (χ1) is 11.7. The van der Waals surface area contributed by atoms with Crippen molar-refractivity contribution < 1.29 is 4.39 Å². The molecule has 4 heteroatoms. The standard InChI is InChI=1S/C20H24FN3/c1-3-4-5-6-11-22-18-12-15(2)13-24-14-19(23-20(18)24)16-7-9-17(21)10-8-16/h7-10,12-14,22H,3-6,11H2,1-2H3. The average Bonchev–Trinajstić information content (AvgIpc) is 2.99. The summed E-state index contributed by atoms with van der Waals surface area (Å²) in [7, 11) is 0. The fourth-order valence-corrected chi connectivity index (χ4v) is 2.90. The number of nitrogens with zero attached hydrogens (tertiary/aromatic N) is 2. The van der Waals surface area contributed by atoms with Gasteiger partial charge in [-0.3, -0.25) is 0 Å². The molecule has 0 fully saturated rings. The summed E-state index contributed by atoms with van der Waals surface area (Å²) in [6.07, 6.45) is 9.01. The van der Waals surface area contributed by atoms with E-state index in [4.69, 9.17) is 4.98 Å². The van der Waals surface area contributed by atoms with Gasteiger partial charge in [0.1, 0.15) is 5.82 Å². The molecule has 24 heavy (non-hydrogen) atoms. The third kappa shape index (κ3) is 3.75. The number of rotatable bonds is 7. The number of halogens is 1. The van der Waals surface area contributed by atoms with Crippen molar-refractivity contribution in [3.8, 4) is 11.3 Å². The van der Waals surface area contributed by atoms with E-state index in [1.807, 2.05) is 10.6 Å². The topological polar surface area (TPSA) is 29.3 Å². The Kier molecular flexibility index (Phi) is 5.14. The lowest BCUT2D eigenvalue weighted by molar-refractivity contribution is 0.628. The second kappa shape index (κ2) is 7.47. The highest BCUT2D eigenvalue weighted by atomic mass is 19.1. The Bertz CT molecular complexity index is 806. The summed E-state index contributed by atoms with van der Waals surface area (Å²) in [6, 6.07) is 8.61. The first-order valence-corrected chi connectivity index (χ1v) is 8.66. The zero-order valence-corrected chi connectivity index (χ0v) is 14.3. The van der Waals surface area contributed by atoms with E-state index >= 15 is 0 Å². The molecule has 2 heterocycles. The van der Waals surface area contributed by atoms with Crippen LogP contribution in [0.5, 0.6) is 0 Å². The highest BCUT2D eigenvalue weighted by Crippen LogP contribution is 2.24. The van der Waals surface area contributed by atoms with E-state index in [-0.39, 0.29) is 5.82 Å². The number of hydrogen-bond acceptors (Lipinski definition) is 2. The SMILES string of the molecule is CCCCCCNc1cc(C)cn2cc(-c3ccc(F)cc3)nc12. The molecule has 2 aromatic heterocycles. The number of anilines is 1. The lowest BCUT2D eigenvalue weighted by Crippen LogP contribution is -2.04. The Morgan fingerprint density at radius 3 is 2.62 bits per heavy atom. The largest absolute Gasteiger partial charge is 0.382 e. The van der Waals surface area contributed by atoms with Gasteiger partial charge in [0.05, 0.1) is 11.4 Å². The van der Waals surface area contributed by atoms with Crippen LogP contribution in [0.15, 0.2) is 42.7 Å². The van der Waals surface area contributed by atoms with Gasteiger partial charge in [-0.05, 0) is 49.2 Å². The fourth-order valence-electron chi connectivity index (χ4n) is 2.90. The predicted octanol–water partition coefficient (Wildman–Crippen LogP) is 5.44. The zero-order valence-electron chi connectivity index (χ0n) is 14.3. The number of benzene rings is 1. The molecular weight excluding hydrogens is 301 g/mol. The smallest absolute Gasteiger partial charge is 0.160 e. The molecule has 0 atom stereocenters. The average molecular weight is 325 g/mol. The molecule has 0 radical (unpaired) electrons. The molecule has 0 aliphatic heterocycles. The Balaban J connectivity index is 1.85. The number of aryl methyl sites for hydroxylation is 1. The van der Waals surface area contributed by atoms with Crippen LogP contribution in [0, 0.1) is 12.7 Å². The van der Waals surface area contributed by atoms with Crippen molar-refractivity contribution in [2.24, 2.45) is 0 Å². The monoisotopic (exact) mass is 325 g/mol. The number of pyridine rings is 1. The Morgan fingerprint density at radius 2 is 1.88 bits per heavy atom. The molecule has 1 N–H and O–H groups in total. The van der Waals surface area contributed by atoms with Gasteiger partial charge in [0.2, 0.25) is 0 Å². The molecule has 0 aliphatic carbocycles. The molecule has 126 valence electrons. The van der Waals surface area contributed by atoms with E-state index in [1.165, 1.54) is 43.4 Å². The summed E-state index contributed by atoms with van der Waals surface area (Å²) in [4.78, 5) is 4.75. The number of hydrogen-bond donors (Lipinski definition) is 1. The van der Waals surface area contributed by atoms with E-state index in [2.05, 4.69) is 31.4 Å². The van der Waals surface area contributed by atoms with E-state index in [0.29, 0.717) is 0 Å². The number of nitrogens with one attached hydrogen (secondary N) is 1. The van der Waals surface area contributed by atoms with Crippen LogP contribution in [0.1, 0.15) is 38.2 Å². The van der Waals surface area contributed by atoms with Gasteiger partial charge in [-0.25, -0.2) is 9.37 Å². The van der Waals surface area contributed by atoms with Crippen molar-refractivity contribution >= 4 is 11.3 Å². The van der Waals surface area contributed by atoms with Crippen molar-refractivity contribution in [3.63, 3.8) is 0 Å². The van der Waals surface area contributed by atoms with Crippen LogP contribution in [0.2, 0.25) is 0 Å². The van der Waals surface area contributed by atoms with Crippen LogP contribution in [0.4, 0.5) is 10.1 Å². The number of aromatic nitrogens is 2. The van der Waals surface area contributed by atoms with E-state index in [9.17, 15) is 4.39 Å². The third-order valence-corrected chi connectivity index (χ3v) is 4.17. The summed E-state index contributed by atoms with van der Waals surface area (Å²) >= 11 is 0. The Hall–Kier alpha value is -2.36. The van der Waals surface area contributed by atoms with Crippen LogP contribution >= 0.6 is 0 Å². The van der Waals surface area contributed by atoms with Gasteiger partial charge < -0.3 is 9.72 Å².